The van der Waals surface area contributed by atoms with E-state index < -0.39 is 0 Å². The number of halogens is 2. The summed E-state index contributed by atoms with van der Waals surface area (Å²) in [5.41, 5.74) is 6.36. The number of likely N-dealkylation sites (tertiary alicyclic amines) is 1. The molecule has 2 saturated carbocycles. The number of piperidine rings is 1. The van der Waals surface area contributed by atoms with Crippen LogP contribution in [-0.4, -0.2) is 42.5 Å². The van der Waals surface area contributed by atoms with Crippen LogP contribution in [0.25, 0.3) is 0 Å². The average Bonchev–Trinajstić information content (AvgIpc) is 2.45. The lowest BCUT2D eigenvalue weighted by Gasteiger charge is -2.43. The highest BCUT2D eigenvalue weighted by Gasteiger charge is 2.40. The van der Waals surface area contributed by atoms with Crippen molar-refractivity contribution in [3.63, 3.8) is 0 Å². The fourth-order valence-electron chi connectivity index (χ4n) is 5.74. The second-order valence-corrected chi connectivity index (χ2v) is 9.27. The van der Waals surface area contributed by atoms with E-state index in [0.717, 1.165) is 31.2 Å². The van der Waals surface area contributed by atoms with Gasteiger partial charge in [0.05, 0.1) is 0 Å². The lowest BCUT2D eigenvalue weighted by Crippen LogP contribution is -2.51. The molecule has 1 saturated heterocycles. The van der Waals surface area contributed by atoms with E-state index in [-0.39, 0.29) is 42.7 Å². The fraction of sp³-hybridized carbons (Fsp3) is 0.950. The summed E-state index contributed by atoms with van der Waals surface area (Å²) in [6, 6.07) is 0.585. The molecule has 2 bridgehead atoms. The van der Waals surface area contributed by atoms with Gasteiger partial charge in [0.25, 0.3) is 0 Å². The maximum absolute atomic E-state index is 12.7. The molecule has 154 valence electrons. The number of carbonyl (C=O) groups is 1. The molecular weight excluding hydrogens is 369 g/mol. The van der Waals surface area contributed by atoms with Crippen LogP contribution in [0.5, 0.6) is 0 Å². The highest BCUT2D eigenvalue weighted by atomic mass is 35.5. The molecule has 0 spiro atoms. The van der Waals surface area contributed by atoms with E-state index in [1.54, 1.807) is 0 Å². The van der Waals surface area contributed by atoms with Crippen LogP contribution < -0.4 is 11.1 Å². The zero-order chi connectivity index (χ0) is 17.3. The van der Waals surface area contributed by atoms with Gasteiger partial charge in [0.15, 0.2) is 0 Å². The van der Waals surface area contributed by atoms with E-state index in [9.17, 15) is 4.79 Å². The fourth-order valence-corrected chi connectivity index (χ4v) is 5.74. The number of carbonyl (C=O) groups excluding carboxylic acids is 1. The second-order valence-electron chi connectivity index (χ2n) is 9.27. The van der Waals surface area contributed by atoms with Crippen molar-refractivity contribution in [3.05, 3.63) is 0 Å². The van der Waals surface area contributed by atoms with Crippen LogP contribution in [0.15, 0.2) is 0 Å². The number of fused-ring (bicyclic) bond motifs is 2. The Morgan fingerprint density at radius 2 is 1.62 bits per heavy atom. The molecule has 3 fully saturated rings. The van der Waals surface area contributed by atoms with Crippen molar-refractivity contribution in [2.45, 2.75) is 71.4 Å². The lowest BCUT2D eigenvalue weighted by atomic mass is 9.65. The molecule has 0 aromatic rings. The van der Waals surface area contributed by atoms with E-state index in [1.807, 2.05) is 0 Å². The number of nitrogens with zero attached hydrogens (tertiary/aromatic N) is 1. The summed E-state index contributed by atoms with van der Waals surface area (Å²) in [6.45, 7) is 10.2. The van der Waals surface area contributed by atoms with E-state index in [0.29, 0.717) is 17.9 Å². The first-order valence-corrected chi connectivity index (χ1v) is 10.2. The minimum atomic E-state index is 0. The van der Waals surface area contributed by atoms with Crippen LogP contribution >= 0.6 is 24.8 Å². The molecule has 1 amide bonds. The van der Waals surface area contributed by atoms with E-state index in [1.165, 1.54) is 38.8 Å². The second kappa shape index (κ2) is 10.5. The molecule has 0 aromatic heterocycles. The molecule has 1 heterocycles. The van der Waals surface area contributed by atoms with Gasteiger partial charge in [0.1, 0.15) is 0 Å². The van der Waals surface area contributed by atoms with Crippen molar-refractivity contribution < 1.29 is 4.79 Å². The Morgan fingerprint density at radius 3 is 2.15 bits per heavy atom. The van der Waals surface area contributed by atoms with Crippen molar-refractivity contribution in [3.8, 4) is 0 Å². The third kappa shape index (κ3) is 5.98. The largest absolute Gasteiger partial charge is 0.352 e. The highest BCUT2D eigenvalue weighted by molar-refractivity contribution is 5.85. The van der Waals surface area contributed by atoms with Gasteiger partial charge in [-0.05, 0) is 62.7 Å². The Labute approximate surface area is 172 Å². The van der Waals surface area contributed by atoms with Crippen molar-refractivity contribution >= 4 is 30.7 Å². The van der Waals surface area contributed by atoms with Crippen molar-refractivity contribution in [2.24, 2.45) is 35.3 Å². The summed E-state index contributed by atoms with van der Waals surface area (Å²) in [4.78, 5) is 15.3. The molecule has 26 heavy (non-hydrogen) atoms. The van der Waals surface area contributed by atoms with Crippen LogP contribution in [0.3, 0.4) is 0 Å². The monoisotopic (exact) mass is 407 g/mol. The quantitative estimate of drug-likeness (QED) is 0.749. The molecule has 3 aliphatic rings. The molecule has 0 radical (unpaired) electrons. The normalized spacial score (nSPS) is 38.5. The van der Waals surface area contributed by atoms with Gasteiger partial charge >= 0.3 is 0 Å². The summed E-state index contributed by atoms with van der Waals surface area (Å²) in [5.74, 6) is 3.18. The maximum Gasteiger partial charge on any atom is 0.223 e. The van der Waals surface area contributed by atoms with Gasteiger partial charge in [-0.25, -0.2) is 0 Å². The zero-order valence-electron chi connectivity index (χ0n) is 16.7. The van der Waals surface area contributed by atoms with Crippen LogP contribution in [-0.2, 0) is 4.79 Å². The molecule has 3 rings (SSSR count). The minimum absolute atomic E-state index is 0. The molecular formula is C20H39Cl2N3O. The van der Waals surface area contributed by atoms with Gasteiger partial charge in [-0.15, -0.1) is 24.8 Å². The number of hydrogen-bond acceptors (Lipinski definition) is 3. The van der Waals surface area contributed by atoms with Crippen molar-refractivity contribution in [1.29, 1.82) is 0 Å². The van der Waals surface area contributed by atoms with Gasteiger partial charge < -0.3 is 16.0 Å². The molecule has 0 aromatic carbocycles. The van der Waals surface area contributed by atoms with Crippen LogP contribution in [0.1, 0.15) is 59.3 Å². The summed E-state index contributed by atoms with van der Waals surface area (Å²) in [5, 5.41) is 3.31. The number of amides is 1. The number of nitrogens with one attached hydrogen (secondary N) is 1. The Morgan fingerprint density at radius 1 is 1.08 bits per heavy atom. The standard InChI is InChI=1S/C20H37N3O.2ClH/c1-13-7-14(2)11-23(10-13)12-15(3)22-20(24)18-8-16-5-4-6-17(9-18)19(16)21;;/h13-19H,4-12,21H2,1-3H3,(H,22,24);2*1H. The smallest absolute Gasteiger partial charge is 0.223 e. The first-order chi connectivity index (χ1) is 11.4. The van der Waals surface area contributed by atoms with Crippen LogP contribution in [0.2, 0.25) is 0 Å². The topological polar surface area (TPSA) is 58.4 Å². The van der Waals surface area contributed by atoms with Crippen LogP contribution in [0.4, 0.5) is 0 Å². The highest BCUT2D eigenvalue weighted by Crippen LogP contribution is 2.41. The van der Waals surface area contributed by atoms with Gasteiger partial charge in [-0.3, -0.25) is 4.79 Å². The SMILES string of the molecule is CC1CC(C)CN(CC(C)NC(=O)C2CC3CCCC(C2)C3N)C1.Cl.Cl. The minimum Gasteiger partial charge on any atom is -0.352 e. The Bertz CT molecular complexity index is 427. The Kier molecular flexibility index (Phi) is 9.69. The van der Waals surface area contributed by atoms with Crippen molar-refractivity contribution in [1.82, 2.24) is 10.2 Å². The number of rotatable bonds is 4. The molecule has 2 aliphatic carbocycles. The summed E-state index contributed by atoms with van der Waals surface area (Å²) in [6.07, 6.45) is 7.10. The number of nitrogens with two attached hydrogens (primary N) is 1. The lowest BCUT2D eigenvalue weighted by molar-refractivity contribution is -0.128. The summed E-state index contributed by atoms with van der Waals surface area (Å²) in [7, 11) is 0. The third-order valence-electron chi connectivity index (χ3n) is 6.65. The summed E-state index contributed by atoms with van der Waals surface area (Å²) < 4.78 is 0. The molecule has 5 unspecified atom stereocenters. The Balaban J connectivity index is 0.00000169. The Hall–Kier alpha value is -0.0300. The van der Waals surface area contributed by atoms with E-state index in [2.05, 4.69) is 31.0 Å². The van der Waals surface area contributed by atoms with E-state index >= 15 is 0 Å². The summed E-state index contributed by atoms with van der Waals surface area (Å²) >= 11 is 0. The average molecular weight is 408 g/mol. The van der Waals surface area contributed by atoms with Gasteiger partial charge in [-0.1, -0.05) is 20.3 Å². The molecule has 1 aliphatic heterocycles. The predicted molar refractivity (Wildman–Crippen MR) is 113 cm³/mol. The molecule has 3 N–H and O–H groups in total. The van der Waals surface area contributed by atoms with Crippen molar-refractivity contribution in [2.75, 3.05) is 19.6 Å². The number of hydrogen-bond donors (Lipinski definition) is 2. The third-order valence-corrected chi connectivity index (χ3v) is 6.65. The van der Waals surface area contributed by atoms with Gasteiger partial charge in [0.2, 0.25) is 5.91 Å². The van der Waals surface area contributed by atoms with Gasteiger partial charge in [0, 0.05) is 37.6 Å². The first-order valence-electron chi connectivity index (χ1n) is 10.2. The molecule has 5 atom stereocenters. The van der Waals surface area contributed by atoms with Crippen LogP contribution in [0, 0.1) is 29.6 Å². The first kappa shape index (κ1) is 24.0. The molecule has 6 heteroatoms. The maximum atomic E-state index is 12.7. The molecule has 4 nitrogen and oxygen atoms in total. The van der Waals surface area contributed by atoms with E-state index in [4.69, 9.17) is 5.73 Å². The predicted octanol–water partition coefficient (Wildman–Crippen LogP) is 3.47. The van der Waals surface area contributed by atoms with Gasteiger partial charge in [-0.2, -0.15) is 0 Å². The zero-order valence-corrected chi connectivity index (χ0v) is 18.3.